The predicted molar refractivity (Wildman–Crippen MR) is 91.3 cm³/mol. The summed E-state index contributed by atoms with van der Waals surface area (Å²) in [4.78, 5) is 37.8. The molecule has 2 saturated heterocycles. The van der Waals surface area contributed by atoms with Gasteiger partial charge in [-0.25, -0.2) is 9.18 Å². The lowest BCUT2D eigenvalue weighted by Gasteiger charge is -2.29. The number of anilines is 1. The molecule has 0 radical (unpaired) electrons. The lowest BCUT2D eigenvalue weighted by molar-refractivity contribution is -0.160. The fraction of sp³-hybridized carbons (Fsp3) is 0.471. The van der Waals surface area contributed by atoms with Crippen LogP contribution in [0, 0.1) is 5.82 Å². The number of halogens is 1. The first-order valence-electron chi connectivity index (χ1n) is 8.03. The Bertz CT molecular complexity index is 711. The Morgan fingerprint density at radius 3 is 2.76 bits per heavy atom. The number of ether oxygens (including phenoxy) is 1. The number of hydrogen-bond acceptors (Lipinski definition) is 5. The van der Waals surface area contributed by atoms with Gasteiger partial charge in [-0.1, -0.05) is 0 Å². The third-order valence-electron chi connectivity index (χ3n) is 4.49. The fourth-order valence-corrected chi connectivity index (χ4v) is 4.50. The summed E-state index contributed by atoms with van der Waals surface area (Å²) in [6.07, 6.45) is 0.113. The van der Waals surface area contributed by atoms with Crippen molar-refractivity contribution in [2.45, 2.75) is 43.7 Å². The highest BCUT2D eigenvalue weighted by Gasteiger charge is 2.53. The number of benzene rings is 1. The summed E-state index contributed by atoms with van der Waals surface area (Å²) < 4.78 is 18.1. The van der Waals surface area contributed by atoms with Crippen LogP contribution >= 0.6 is 11.8 Å². The van der Waals surface area contributed by atoms with Gasteiger partial charge in [0.05, 0.1) is 4.87 Å². The van der Waals surface area contributed by atoms with Crippen LogP contribution in [-0.2, 0) is 19.1 Å². The van der Waals surface area contributed by atoms with E-state index in [1.807, 2.05) is 6.92 Å². The number of amides is 2. The van der Waals surface area contributed by atoms with E-state index in [1.165, 1.54) is 31.2 Å². The number of fused-ring (bicyclic) bond motifs is 1. The molecule has 6 nitrogen and oxygen atoms in total. The third kappa shape index (κ3) is 3.49. The number of hydrogen-bond donors (Lipinski definition) is 1. The molecule has 0 aliphatic carbocycles. The van der Waals surface area contributed by atoms with Crippen LogP contribution in [0.15, 0.2) is 24.3 Å². The standard InChI is InChI=1S/C17H19FN2O4S/c1-10(15(22)19-12-5-3-11(18)4-6-12)24-16(23)13-9-25-17(2)8-7-14(21)20(13)17/h3-6,10,13H,7-9H2,1-2H3,(H,19,22)/t10-,13+,17-/m0/s1. The normalized spacial score (nSPS) is 26.3. The number of nitrogens with one attached hydrogen (secondary N) is 1. The third-order valence-corrected chi connectivity index (χ3v) is 6.00. The molecule has 2 heterocycles. The molecule has 0 saturated carbocycles. The maximum atomic E-state index is 12.9. The number of thioether (sulfide) groups is 1. The van der Waals surface area contributed by atoms with E-state index in [9.17, 15) is 18.8 Å². The number of carbonyl (C=O) groups excluding carboxylic acids is 3. The molecule has 0 bridgehead atoms. The largest absolute Gasteiger partial charge is 0.451 e. The fourth-order valence-electron chi connectivity index (χ4n) is 3.08. The molecule has 1 aromatic carbocycles. The van der Waals surface area contributed by atoms with Crippen LogP contribution in [0.4, 0.5) is 10.1 Å². The van der Waals surface area contributed by atoms with Gasteiger partial charge in [-0.2, -0.15) is 0 Å². The molecule has 2 fully saturated rings. The van der Waals surface area contributed by atoms with E-state index in [4.69, 9.17) is 4.74 Å². The first kappa shape index (κ1) is 17.7. The van der Waals surface area contributed by atoms with E-state index >= 15 is 0 Å². The second-order valence-corrected chi connectivity index (χ2v) is 7.84. The second-order valence-electron chi connectivity index (χ2n) is 6.34. The summed E-state index contributed by atoms with van der Waals surface area (Å²) in [7, 11) is 0. The number of esters is 1. The Labute approximate surface area is 149 Å². The average molecular weight is 366 g/mol. The summed E-state index contributed by atoms with van der Waals surface area (Å²) in [6, 6.07) is 4.63. The number of rotatable bonds is 4. The summed E-state index contributed by atoms with van der Waals surface area (Å²) >= 11 is 1.56. The highest BCUT2D eigenvalue weighted by Crippen LogP contribution is 2.47. The van der Waals surface area contributed by atoms with Crippen LogP contribution in [0.5, 0.6) is 0 Å². The van der Waals surface area contributed by atoms with Crippen molar-refractivity contribution in [1.82, 2.24) is 4.90 Å². The molecule has 3 atom stereocenters. The number of nitrogens with zero attached hydrogens (tertiary/aromatic N) is 1. The van der Waals surface area contributed by atoms with E-state index in [0.717, 1.165) is 0 Å². The zero-order valence-electron chi connectivity index (χ0n) is 14.0. The molecule has 2 aliphatic heterocycles. The lowest BCUT2D eigenvalue weighted by Crippen LogP contribution is -2.48. The van der Waals surface area contributed by atoms with Crippen LogP contribution in [0.1, 0.15) is 26.7 Å². The Kier molecular flexibility index (Phi) is 4.73. The highest BCUT2D eigenvalue weighted by atomic mass is 32.2. The van der Waals surface area contributed by atoms with Gasteiger partial charge in [0.25, 0.3) is 5.91 Å². The molecule has 0 unspecified atom stereocenters. The van der Waals surface area contributed by atoms with Gasteiger partial charge in [-0.05, 0) is 44.5 Å². The monoisotopic (exact) mass is 366 g/mol. The molecule has 0 aromatic heterocycles. The van der Waals surface area contributed by atoms with Crippen molar-refractivity contribution in [3.05, 3.63) is 30.1 Å². The summed E-state index contributed by atoms with van der Waals surface area (Å²) in [6.45, 7) is 3.41. The Morgan fingerprint density at radius 2 is 2.08 bits per heavy atom. The van der Waals surface area contributed by atoms with Crippen molar-refractivity contribution in [3.63, 3.8) is 0 Å². The zero-order chi connectivity index (χ0) is 18.2. The van der Waals surface area contributed by atoms with Gasteiger partial charge in [-0.15, -0.1) is 11.8 Å². The van der Waals surface area contributed by atoms with Gasteiger partial charge in [-0.3, -0.25) is 9.59 Å². The van der Waals surface area contributed by atoms with Gasteiger partial charge >= 0.3 is 5.97 Å². The Morgan fingerprint density at radius 1 is 1.40 bits per heavy atom. The molecule has 3 rings (SSSR count). The van der Waals surface area contributed by atoms with Crippen LogP contribution in [0.25, 0.3) is 0 Å². The summed E-state index contributed by atoms with van der Waals surface area (Å²) in [5.41, 5.74) is 0.410. The van der Waals surface area contributed by atoms with E-state index in [1.54, 1.807) is 16.7 Å². The smallest absolute Gasteiger partial charge is 0.330 e. The second kappa shape index (κ2) is 6.67. The van der Waals surface area contributed by atoms with E-state index in [-0.39, 0.29) is 10.8 Å². The van der Waals surface area contributed by atoms with Crippen molar-refractivity contribution in [3.8, 4) is 0 Å². The number of carbonyl (C=O) groups is 3. The van der Waals surface area contributed by atoms with Crippen molar-refractivity contribution < 1.29 is 23.5 Å². The lowest BCUT2D eigenvalue weighted by atomic mass is 10.2. The van der Waals surface area contributed by atoms with Crippen molar-refractivity contribution in [2.24, 2.45) is 0 Å². The van der Waals surface area contributed by atoms with Gasteiger partial charge in [0.1, 0.15) is 11.9 Å². The van der Waals surface area contributed by atoms with Gasteiger partial charge in [0.15, 0.2) is 6.10 Å². The van der Waals surface area contributed by atoms with Crippen molar-refractivity contribution in [2.75, 3.05) is 11.1 Å². The first-order valence-corrected chi connectivity index (χ1v) is 9.02. The van der Waals surface area contributed by atoms with Gasteiger partial charge < -0.3 is 15.0 Å². The van der Waals surface area contributed by atoms with Crippen LogP contribution in [0.2, 0.25) is 0 Å². The van der Waals surface area contributed by atoms with Crippen LogP contribution in [0.3, 0.4) is 0 Å². The molecule has 134 valence electrons. The predicted octanol–water partition coefficient (Wildman–Crippen LogP) is 2.15. The molecule has 1 aromatic rings. The average Bonchev–Trinajstić information content (AvgIpc) is 3.06. The van der Waals surface area contributed by atoms with Crippen molar-refractivity contribution in [1.29, 1.82) is 0 Å². The molecule has 2 amide bonds. The van der Waals surface area contributed by atoms with E-state index in [0.29, 0.717) is 24.3 Å². The molecule has 0 spiro atoms. The van der Waals surface area contributed by atoms with E-state index < -0.39 is 29.8 Å². The first-order chi connectivity index (χ1) is 11.8. The quantitative estimate of drug-likeness (QED) is 0.827. The SMILES string of the molecule is C[C@H](OC(=O)[C@H]1CS[C@@]2(C)CCC(=O)N12)C(=O)Nc1ccc(F)cc1. The highest BCUT2D eigenvalue weighted by molar-refractivity contribution is 8.01. The summed E-state index contributed by atoms with van der Waals surface area (Å²) in [5, 5.41) is 2.56. The van der Waals surface area contributed by atoms with Gasteiger partial charge in [0, 0.05) is 17.9 Å². The minimum absolute atomic E-state index is 0.0575. The maximum absolute atomic E-state index is 12.9. The molecular weight excluding hydrogens is 347 g/mol. The molecule has 25 heavy (non-hydrogen) atoms. The minimum Gasteiger partial charge on any atom is -0.451 e. The van der Waals surface area contributed by atoms with E-state index in [2.05, 4.69) is 5.32 Å². The van der Waals surface area contributed by atoms with Gasteiger partial charge in [0.2, 0.25) is 5.91 Å². The maximum Gasteiger partial charge on any atom is 0.330 e. The molecule has 8 heteroatoms. The Balaban J connectivity index is 1.59. The minimum atomic E-state index is -1.02. The molecular formula is C17H19FN2O4S. The van der Waals surface area contributed by atoms with Crippen molar-refractivity contribution >= 4 is 35.2 Å². The topological polar surface area (TPSA) is 75.7 Å². The molecule has 2 aliphatic rings. The van der Waals surface area contributed by atoms with Crippen LogP contribution in [-0.4, -0.2) is 45.5 Å². The van der Waals surface area contributed by atoms with Crippen LogP contribution < -0.4 is 5.32 Å². The Hall–Kier alpha value is -2.09. The summed E-state index contributed by atoms with van der Waals surface area (Å²) in [5.74, 6) is -1.09. The zero-order valence-corrected chi connectivity index (χ0v) is 14.8. The molecule has 1 N–H and O–H groups in total.